The smallest absolute Gasteiger partial charge is 0.338 e. The van der Waals surface area contributed by atoms with Crippen LogP contribution in [0.5, 0.6) is 0 Å². The molecule has 3 aromatic rings. The van der Waals surface area contributed by atoms with Crippen molar-refractivity contribution in [3.05, 3.63) is 76.9 Å². The molecule has 0 aliphatic carbocycles. The fourth-order valence-electron chi connectivity index (χ4n) is 3.35. The van der Waals surface area contributed by atoms with E-state index in [2.05, 4.69) is 5.32 Å². The molecule has 32 heavy (non-hydrogen) atoms. The van der Waals surface area contributed by atoms with E-state index in [0.717, 1.165) is 4.90 Å². The van der Waals surface area contributed by atoms with Crippen LogP contribution in [0.15, 0.2) is 63.1 Å². The number of esters is 1. The summed E-state index contributed by atoms with van der Waals surface area (Å²) in [5.41, 5.74) is 1.47. The Balaban J connectivity index is 1.64. The number of methoxy groups -OCH3 is 1. The van der Waals surface area contributed by atoms with Gasteiger partial charge >= 0.3 is 12.0 Å². The maximum Gasteiger partial charge on any atom is 0.338 e. The van der Waals surface area contributed by atoms with Crippen molar-refractivity contribution >= 4 is 29.9 Å². The first-order valence-corrected chi connectivity index (χ1v) is 9.58. The van der Waals surface area contributed by atoms with Gasteiger partial charge < -0.3 is 13.6 Å². The number of nitrogens with zero attached hydrogens (tertiary/aromatic N) is 1. The average Bonchev–Trinajstić information content (AvgIpc) is 3.46. The second-order valence-corrected chi connectivity index (χ2v) is 6.96. The molecular weight excluding hydrogens is 416 g/mol. The molecule has 2 aromatic heterocycles. The van der Waals surface area contributed by atoms with Crippen LogP contribution < -0.4 is 5.32 Å². The van der Waals surface area contributed by atoms with Crippen molar-refractivity contribution in [2.75, 3.05) is 7.11 Å². The first kappa shape index (κ1) is 20.9. The molecule has 0 spiro atoms. The highest BCUT2D eigenvalue weighted by Crippen LogP contribution is 2.29. The fourth-order valence-corrected chi connectivity index (χ4v) is 3.35. The van der Waals surface area contributed by atoms with E-state index in [1.54, 1.807) is 49.4 Å². The Bertz CT molecular complexity index is 1250. The number of barbiturate groups is 1. The van der Waals surface area contributed by atoms with E-state index in [0.29, 0.717) is 28.2 Å². The summed E-state index contributed by atoms with van der Waals surface area (Å²) in [4.78, 5) is 50.0. The van der Waals surface area contributed by atoms with Crippen LogP contribution in [0.4, 0.5) is 4.79 Å². The fraction of sp³-hybridized carbons (Fsp3) is 0.130. The number of amides is 4. The summed E-state index contributed by atoms with van der Waals surface area (Å²) in [7, 11) is 1.30. The van der Waals surface area contributed by atoms with Crippen molar-refractivity contribution in [3.8, 4) is 11.3 Å². The highest BCUT2D eigenvalue weighted by atomic mass is 16.5. The highest BCUT2D eigenvalue weighted by Gasteiger charge is 2.36. The Morgan fingerprint density at radius 1 is 1.12 bits per heavy atom. The van der Waals surface area contributed by atoms with E-state index in [1.807, 2.05) is 0 Å². The summed E-state index contributed by atoms with van der Waals surface area (Å²) < 4.78 is 15.8. The molecule has 3 heterocycles. The third kappa shape index (κ3) is 3.83. The molecule has 1 saturated heterocycles. The second kappa shape index (κ2) is 8.38. The van der Waals surface area contributed by atoms with Gasteiger partial charge in [-0.1, -0.05) is 12.1 Å². The Morgan fingerprint density at radius 3 is 2.66 bits per heavy atom. The number of hydrogen-bond acceptors (Lipinski definition) is 7. The third-order valence-electron chi connectivity index (χ3n) is 5.00. The van der Waals surface area contributed by atoms with Gasteiger partial charge in [0.25, 0.3) is 11.8 Å². The molecule has 1 fully saturated rings. The number of imide groups is 2. The normalized spacial score (nSPS) is 15.2. The molecule has 162 valence electrons. The van der Waals surface area contributed by atoms with Crippen molar-refractivity contribution in [2.24, 2.45) is 0 Å². The van der Waals surface area contributed by atoms with Crippen LogP contribution in [-0.4, -0.2) is 35.8 Å². The van der Waals surface area contributed by atoms with Crippen LogP contribution in [0.2, 0.25) is 0 Å². The molecular formula is C23H18N2O7. The van der Waals surface area contributed by atoms with Crippen LogP contribution in [-0.2, 0) is 20.9 Å². The molecule has 0 radical (unpaired) electrons. The second-order valence-electron chi connectivity index (χ2n) is 6.96. The van der Waals surface area contributed by atoms with Crippen LogP contribution in [0.25, 0.3) is 17.4 Å². The minimum Gasteiger partial charge on any atom is -0.467 e. The molecule has 0 bridgehead atoms. The zero-order valence-corrected chi connectivity index (χ0v) is 17.2. The van der Waals surface area contributed by atoms with Crippen LogP contribution >= 0.6 is 0 Å². The predicted octanol–water partition coefficient (Wildman–Crippen LogP) is 3.30. The van der Waals surface area contributed by atoms with Crippen molar-refractivity contribution in [2.45, 2.75) is 13.5 Å². The standard InChI is InChI=1S/C23H18N2O7/c1-13-16(6-3-7-17(13)22(28)30-2)19-9-8-14(32-19)11-18-20(26)24-23(29)25(21(18)27)12-15-5-4-10-31-15/h3-11H,12H2,1-2H3,(H,24,26,29)/b18-11+. The van der Waals surface area contributed by atoms with E-state index >= 15 is 0 Å². The van der Waals surface area contributed by atoms with Gasteiger partial charge in [0.1, 0.15) is 22.9 Å². The number of urea groups is 1. The van der Waals surface area contributed by atoms with Gasteiger partial charge in [-0.05, 0) is 48.9 Å². The lowest BCUT2D eigenvalue weighted by atomic mass is 10.0. The largest absolute Gasteiger partial charge is 0.467 e. The quantitative estimate of drug-likeness (QED) is 0.372. The predicted molar refractivity (Wildman–Crippen MR) is 111 cm³/mol. The van der Waals surface area contributed by atoms with Gasteiger partial charge in [-0.2, -0.15) is 0 Å². The Morgan fingerprint density at radius 2 is 1.94 bits per heavy atom. The molecule has 4 rings (SSSR count). The van der Waals surface area contributed by atoms with Crippen LogP contribution in [0, 0.1) is 6.92 Å². The van der Waals surface area contributed by atoms with E-state index in [1.165, 1.54) is 19.4 Å². The average molecular weight is 434 g/mol. The molecule has 9 heteroatoms. The zero-order chi connectivity index (χ0) is 22.8. The van der Waals surface area contributed by atoms with Gasteiger partial charge in [-0.3, -0.25) is 19.8 Å². The van der Waals surface area contributed by atoms with Gasteiger partial charge in [0.15, 0.2) is 0 Å². The Labute approximate surface area is 182 Å². The minimum atomic E-state index is -0.830. The first-order valence-electron chi connectivity index (χ1n) is 9.58. The number of ether oxygens (including phenoxy) is 1. The number of carbonyl (C=O) groups excluding carboxylic acids is 4. The molecule has 1 aliphatic rings. The number of nitrogens with one attached hydrogen (secondary N) is 1. The van der Waals surface area contributed by atoms with Gasteiger partial charge in [0.2, 0.25) is 0 Å². The van der Waals surface area contributed by atoms with Crippen molar-refractivity contribution in [1.29, 1.82) is 0 Å². The molecule has 4 amide bonds. The summed E-state index contributed by atoms with van der Waals surface area (Å²) in [5, 5.41) is 2.14. The number of rotatable bonds is 5. The summed E-state index contributed by atoms with van der Waals surface area (Å²) in [6.07, 6.45) is 2.69. The number of hydrogen-bond donors (Lipinski definition) is 1. The number of benzene rings is 1. The molecule has 1 aliphatic heterocycles. The molecule has 0 unspecified atom stereocenters. The maximum absolute atomic E-state index is 12.8. The lowest BCUT2D eigenvalue weighted by Crippen LogP contribution is -2.53. The minimum absolute atomic E-state index is 0.120. The van der Waals surface area contributed by atoms with Crippen LogP contribution in [0.3, 0.4) is 0 Å². The van der Waals surface area contributed by atoms with Crippen LogP contribution in [0.1, 0.15) is 27.4 Å². The maximum atomic E-state index is 12.8. The molecule has 0 saturated carbocycles. The lowest BCUT2D eigenvalue weighted by molar-refractivity contribution is -0.130. The molecule has 1 aromatic carbocycles. The van der Waals surface area contributed by atoms with Crippen molar-refractivity contribution in [1.82, 2.24) is 10.2 Å². The highest BCUT2D eigenvalue weighted by molar-refractivity contribution is 6.30. The van der Waals surface area contributed by atoms with E-state index < -0.39 is 23.8 Å². The SMILES string of the molecule is COC(=O)c1cccc(-c2ccc(/C=C3\C(=O)NC(=O)N(Cc4ccco4)C3=O)o2)c1C. The first-order chi connectivity index (χ1) is 15.4. The van der Waals surface area contributed by atoms with E-state index in [-0.39, 0.29) is 17.9 Å². The van der Waals surface area contributed by atoms with Gasteiger partial charge in [-0.15, -0.1) is 0 Å². The molecule has 1 N–H and O–H groups in total. The van der Waals surface area contributed by atoms with Gasteiger partial charge in [-0.25, -0.2) is 9.59 Å². The summed E-state index contributed by atoms with van der Waals surface area (Å²) in [6.45, 7) is 1.64. The van der Waals surface area contributed by atoms with Crippen molar-refractivity contribution in [3.63, 3.8) is 0 Å². The molecule has 0 atom stereocenters. The summed E-state index contributed by atoms with van der Waals surface area (Å²) in [5.74, 6) is -0.997. The van der Waals surface area contributed by atoms with E-state index in [4.69, 9.17) is 13.6 Å². The van der Waals surface area contributed by atoms with Gasteiger partial charge in [0, 0.05) is 5.56 Å². The number of furan rings is 2. The summed E-state index contributed by atoms with van der Waals surface area (Å²) in [6, 6.07) is 10.8. The lowest BCUT2D eigenvalue weighted by Gasteiger charge is -2.25. The van der Waals surface area contributed by atoms with E-state index in [9.17, 15) is 19.2 Å². The Kier molecular flexibility index (Phi) is 5.46. The third-order valence-corrected chi connectivity index (χ3v) is 5.00. The zero-order valence-electron chi connectivity index (χ0n) is 17.2. The summed E-state index contributed by atoms with van der Waals surface area (Å²) >= 11 is 0. The topological polar surface area (TPSA) is 119 Å². The number of carbonyl (C=O) groups is 4. The monoisotopic (exact) mass is 434 g/mol. The van der Waals surface area contributed by atoms with Gasteiger partial charge in [0.05, 0.1) is 25.5 Å². The van der Waals surface area contributed by atoms with Crippen molar-refractivity contribution < 1.29 is 32.7 Å². The molecule has 9 nitrogen and oxygen atoms in total. The Hall–Kier alpha value is -4.40.